The quantitative estimate of drug-likeness (QED) is 0.689. The number of hydrogen-bond donors (Lipinski definition) is 1. The molecule has 0 radical (unpaired) electrons. The number of hydrogen-bond acceptors (Lipinski definition) is 4. The summed E-state index contributed by atoms with van der Waals surface area (Å²) < 4.78 is 6.09. The van der Waals surface area contributed by atoms with Crippen molar-refractivity contribution < 1.29 is 19.1 Å². The molecule has 0 bridgehead atoms. The zero-order valence-corrected chi connectivity index (χ0v) is 18.2. The molecule has 0 aliphatic carbocycles. The number of nitrogens with one attached hydrogen (secondary N) is 1. The first-order valence-corrected chi connectivity index (χ1v) is 10.1. The summed E-state index contributed by atoms with van der Waals surface area (Å²) in [7, 11) is 0. The van der Waals surface area contributed by atoms with E-state index in [4.69, 9.17) is 4.74 Å². The van der Waals surface area contributed by atoms with Crippen molar-refractivity contribution in [2.75, 3.05) is 23.4 Å². The molecule has 7 heteroatoms. The van der Waals surface area contributed by atoms with Crippen LogP contribution in [0.3, 0.4) is 0 Å². The number of rotatable bonds is 5. The van der Waals surface area contributed by atoms with Gasteiger partial charge >= 0.3 is 5.97 Å². The van der Waals surface area contributed by atoms with Crippen LogP contribution in [0.15, 0.2) is 40.9 Å². The van der Waals surface area contributed by atoms with Crippen LogP contribution >= 0.6 is 15.9 Å². The molecule has 6 nitrogen and oxygen atoms in total. The van der Waals surface area contributed by atoms with Gasteiger partial charge in [0.15, 0.2) is 6.61 Å². The lowest BCUT2D eigenvalue weighted by Crippen LogP contribution is -2.28. The number of carbonyl (C=O) groups excluding carboxylic acids is 3. The highest BCUT2D eigenvalue weighted by Crippen LogP contribution is 2.30. The molecule has 1 aliphatic heterocycles. The SMILES string of the molecule is Cc1cc(Br)ccc1NC(=O)COC(=O)C1CC(=O)N(c2cccc(C)c2C)C1. The van der Waals surface area contributed by atoms with E-state index in [-0.39, 0.29) is 25.5 Å². The molecule has 0 aromatic heterocycles. The number of benzene rings is 2. The Balaban J connectivity index is 1.56. The Kier molecular flexibility index (Phi) is 6.37. The Bertz CT molecular complexity index is 973. The third-order valence-corrected chi connectivity index (χ3v) is 5.63. The molecule has 1 aliphatic rings. The molecule has 0 saturated carbocycles. The van der Waals surface area contributed by atoms with E-state index in [0.717, 1.165) is 26.9 Å². The Morgan fingerprint density at radius 2 is 1.93 bits per heavy atom. The Labute approximate surface area is 178 Å². The van der Waals surface area contributed by atoms with Crippen molar-refractivity contribution >= 4 is 45.1 Å². The van der Waals surface area contributed by atoms with Crippen LogP contribution in [0.4, 0.5) is 11.4 Å². The van der Waals surface area contributed by atoms with E-state index in [0.29, 0.717) is 5.69 Å². The molecule has 1 saturated heterocycles. The molecule has 3 rings (SSSR count). The van der Waals surface area contributed by atoms with Crippen molar-refractivity contribution in [2.24, 2.45) is 5.92 Å². The fraction of sp³-hybridized carbons (Fsp3) is 0.318. The Morgan fingerprint density at radius 3 is 2.66 bits per heavy atom. The number of amides is 2. The normalized spacial score (nSPS) is 16.1. The summed E-state index contributed by atoms with van der Waals surface area (Å²) in [6.45, 7) is 5.69. The van der Waals surface area contributed by atoms with E-state index >= 15 is 0 Å². The smallest absolute Gasteiger partial charge is 0.311 e. The number of esters is 1. The fourth-order valence-corrected chi connectivity index (χ4v) is 3.81. The van der Waals surface area contributed by atoms with Crippen molar-refractivity contribution in [3.8, 4) is 0 Å². The number of carbonyl (C=O) groups is 3. The van der Waals surface area contributed by atoms with Crippen LogP contribution in [0, 0.1) is 26.7 Å². The van der Waals surface area contributed by atoms with Gasteiger partial charge in [0, 0.05) is 28.8 Å². The van der Waals surface area contributed by atoms with Gasteiger partial charge in [-0.2, -0.15) is 0 Å². The van der Waals surface area contributed by atoms with Crippen LogP contribution in [0.25, 0.3) is 0 Å². The average Bonchev–Trinajstić information content (AvgIpc) is 3.06. The molecular weight excluding hydrogens is 436 g/mol. The van der Waals surface area contributed by atoms with Gasteiger partial charge in [-0.05, 0) is 61.7 Å². The van der Waals surface area contributed by atoms with Crippen LogP contribution < -0.4 is 10.2 Å². The van der Waals surface area contributed by atoms with Gasteiger partial charge in [0.2, 0.25) is 5.91 Å². The summed E-state index contributed by atoms with van der Waals surface area (Å²) in [5.74, 6) is -1.64. The largest absolute Gasteiger partial charge is 0.455 e. The predicted molar refractivity (Wildman–Crippen MR) is 115 cm³/mol. The number of aryl methyl sites for hydroxylation is 2. The van der Waals surface area contributed by atoms with E-state index in [1.165, 1.54) is 0 Å². The van der Waals surface area contributed by atoms with Gasteiger partial charge in [0.1, 0.15) is 0 Å². The first-order valence-electron chi connectivity index (χ1n) is 9.35. The maximum Gasteiger partial charge on any atom is 0.311 e. The lowest BCUT2D eigenvalue weighted by atomic mass is 10.1. The standard InChI is InChI=1S/C22H23BrN2O4/c1-13-5-4-6-19(15(13)3)25-11-16(10-21(25)27)22(28)29-12-20(26)24-18-8-7-17(23)9-14(18)2/h4-9,16H,10-12H2,1-3H3,(H,24,26). The highest BCUT2D eigenvalue weighted by atomic mass is 79.9. The summed E-state index contributed by atoms with van der Waals surface area (Å²) in [6, 6.07) is 11.2. The van der Waals surface area contributed by atoms with Gasteiger partial charge in [-0.3, -0.25) is 14.4 Å². The molecule has 1 heterocycles. The molecule has 2 aromatic carbocycles. The maximum atomic E-state index is 12.4. The van der Waals surface area contributed by atoms with Crippen LogP contribution in [0.5, 0.6) is 0 Å². The lowest BCUT2D eigenvalue weighted by Gasteiger charge is -2.20. The minimum atomic E-state index is -0.579. The topological polar surface area (TPSA) is 75.7 Å². The Morgan fingerprint density at radius 1 is 1.17 bits per heavy atom. The van der Waals surface area contributed by atoms with E-state index < -0.39 is 17.8 Å². The number of nitrogens with zero attached hydrogens (tertiary/aromatic N) is 1. The van der Waals surface area contributed by atoms with Gasteiger partial charge in [0.25, 0.3) is 5.91 Å². The second-order valence-electron chi connectivity index (χ2n) is 7.24. The van der Waals surface area contributed by atoms with Crippen molar-refractivity contribution in [1.29, 1.82) is 0 Å². The van der Waals surface area contributed by atoms with E-state index in [9.17, 15) is 14.4 Å². The highest BCUT2D eigenvalue weighted by molar-refractivity contribution is 9.10. The summed E-state index contributed by atoms with van der Waals surface area (Å²) in [5.41, 5.74) is 4.46. The molecular formula is C22H23BrN2O4. The van der Waals surface area contributed by atoms with Crippen LogP contribution in [-0.2, 0) is 19.1 Å². The van der Waals surface area contributed by atoms with E-state index in [1.807, 2.05) is 51.1 Å². The summed E-state index contributed by atoms with van der Waals surface area (Å²) >= 11 is 3.37. The van der Waals surface area contributed by atoms with Gasteiger partial charge in [0.05, 0.1) is 5.92 Å². The van der Waals surface area contributed by atoms with Crippen molar-refractivity contribution in [2.45, 2.75) is 27.2 Å². The molecule has 1 N–H and O–H groups in total. The summed E-state index contributed by atoms with van der Waals surface area (Å²) in [6.07, 6.45) is 0.0830. The molecule has 152 valence electrons. The van der Waals surface area contributed by atoms with Crippen molar-refractivity contribution in [3.63, 3.8) is 0 Å². The monoisotopic (exact) mass is 458 g/mol. The van der Waals surface area contributed by atoms with Crippen molar-refractivity contribution in [1.82, 2.24) is 0 Å². The van der Waals surface area contributed by atoms with Crippen LogP contribution in [0.1, 0.15) is 23.1 Å². The van der Waals surface area contributed by atoms with E-state index in [1.54, 1.807) is 11.0 Å². The zero-order chi connectivity index (χ0) is 21.1. The summed E-state index contributed by atoms with van der Waals surface area (Å²) in [5, 5.41) is 2.73. The predicted octanol–water partition coefficient (Wildman–Crippen LogP) is 3.91. The maximum absolute atomic E-state index is 12.4. The zero-order valence-electron chi connectivity index (χ0n) is 16.6. The van der Waals surface area contributed by atoms with Crippen LogP contribution in [-0.4, -0.2) is 30.9 Å². The molecule has 0 spiro atoms. The third-order valence-electron chi connectivity index (χ3n) is 5.13. The van der Waals surface area contributed by atoms with Crippen LogP contribution in [0.2, 0.25) is 0 Å². The number of halogens is 1. The highest BCUT2D eigenvalue weighted by Gasteiger charge is 2.37. The first-order chi connectivity index (χ1) is 13.8. The molecule has 2 amide bonds. The Hall–Kier alpha value is -2.67. The fourth-order valence-electron chi connectivity index (χ4n) is 3.33. The second-order valence-corrected chi connectivity index (χ2v) is 8.16. The minimum Gasteiger partial charge on any atom is -0.455 e. The first kappa shape index (κ1) is 21.0. The number of anilines is 2. The molecule has 2 aromatic rings. The molecule has 29 heavy (non-hydrogen) atoms. The van der Waals surface area contributed by atoms with Gasteiger partial charge in [-0.15, -0.1) is 0 Å². The van der Waals surface area contributed by atoms with Gasteiger partial charge < -0.3 is 15.0 Å². The third kappa shape index (κ3) is 4.85. The van der Waals surface area contributed by atoms with E-state index in [2.05, 4.69) is 21.2 Å². The number of ether oxygens (including phenoxy) is 1. The second kappa shape index (κ2) is 8.78. The average molecular weight is 459 g/mol. The van der Waals surface area contributed by atoms with Gasteiger partial charge in [-0.25, -0.2) is 0 Å². The molecule has 1 fully saturated rings. The van der Waals surface area contributed by atoms with Crippen molar-refractivity contribution in [3.05, 3.63) is 57.6 Å². The summed E-state index contributed by atoms with van der Waals surface area (Å²) in [4.78, 5) is 38.6. The lowest BCUT2D eigenvalue weighted by molar-refractivity contribution is -0.151. The molecule has 1 unspecified atom stereocenters. The molecule has 1 atom stereocenters. The minimum absolute atomic E-state index is 0.0830. The van der Waals surface area contributed by atoms with Gasteiger partial charge in [-0.1, -0.05) is 28.1 Å².